The van der Waals surface area contributed by atoms with Crippen molar-refractivity contribution in [3.63, 3.8) is 0 Å². The number of aliphatic carboxylic acids is 1. The standard InChI is InChI=1S/C17H24N2O3/c1-3-19(15(2)20)12-8-7-11-18(14-17(21)22)13-16-9-5-4-6-10-16/h4-10H,3,11-14H2,1-2H3,(H,21,22)/b8-7+. The van der Waals surface area contributed by atoms with E-state index in [2.05, 4.69) is 0 Å². The summed E-state index contributed by atoms with van der Waals surface area (Å²) in [4.78, 5) is 25.8. The Balaban J connectivity index is 2.54. The van der Waals surface area contributed by atoms with Gasteiger partial charge in [-0.1, -0.05) is 42.5 Å². The number of likely N-dealkylation sites (N-methyl/N-ethyl adjacent to an activating group) is 1. The van der Waals surface area contributed by atoms with Gasteiger partial charge >= 0.3 is 5.97 Å². The molecule has 0 fully saturated rings. The third-order valence-corrected chi connectivity index (χ3v) is 3.29. The van der Waals surface area contributed by atoms with Crippen molar-refractivity contribution in [2.24, 2.45) is 0 Å². The summed E-state index contributed by atoms with van der Waals surface area (Å²) in [6.45, 7) is 5.81. The van der Waals surface area contributed by atoms with E-state index in [0.29, 0.717) is 26.2 Å². The SMILES string of the molecule is CCN(C/C=C/CN(CC(=O)O)Cc1ccccc1)C(C)=O. The first-order chi connectivity index (χ1) is 10.5. The van der Waals surface area contributed by atoms with Crippen LogP contribution in [0, 0.1) is 0 Å². The van der Waals surface area contributed by atoms with Crippen LogP contribution in [-0.2, 0) is 16.1 Å². The Bertz CT molecular complexity index is 500. The van der Waals surface area contributed by atoms with Gasteiger partial charge in [0.2, 0.25) is 5.91 Å². The molecule has 1 aromatic rings. The zero-order valence-electron chi connectivity index (χ0n) is 13.2. The first-order valence-electron chi connectivity index (χ1n) is 7.41. The molecule has 0 saturated heterocycles. The molecule has 0 spiro atoms. The van der Waals surface area contributed by atoms with E-state index in [4.69, 9.17) is 5.11 Å². The lowest BCUT2D eigenvalue weighted by molar-refractivity contribution is -0.138. The highest BCUT2D eigenvalue weighted by Crippen LogP contribution is 2.04. The second-order valence-electron chi connectivity index (χ2n) is 5.08. The molecule has 0 aliphatic heterocycles. The number of amides is 1. The molecule has 0 saturated carbocycles. The summed E-state index contributed by atoms with van der Waals surface area (Å²) in [5, 5.41) is 9.00. The van der Waals surface area contributed by atoms with Crippen molar-refractivity contribution in [3.8, 4) is 0 Å². The number of hydrogen-bond acceptors (Lipinski definition) is 3. The molecule has 1 amide bonds. The molecule has 5 heteroatoms. The van der Waals surface area contributed by atoms with Gasteiger partial charge < -0.3 is 10.0 Å². The molecule has 0 radical (unpaired) electrons. The van der Waals surface area contributed by atoms with Gasteiger partial charge in [0.1, 0.15) is 0 Å². The van der Waals surface area contributed by atoms with Crippen molar-refractivity contribution >= 4 is 11.9 Å². The van der Waals surface area contributed by atoms with Crippen LogP contribution >= 0.6 is 0 Å². The lowest BCUT2D eigenvalue weighted by Crippen LogP contribution is -2.30. The van der Waals surface area contributed by atoms with Crippen molar-refractivity contribution in [1.82, 2.24) is 9.80 Å². The number of rotatable bonds is 9. The first kappa shape index (κ1) is 17.9. The summed E-state index contributed by atoms with van der Waals surface area (Å²) in [5.41, 5.74) is 1.08. The molecule has 0 heterocycles. The van der Waals surface area contributed by atoms with Gasteiger partial charge in [-0.05, 0) is 12.5 Å². The van der Waals surface area contributed by atoms with E-state index in [1.54, 1.807) is 11.8 Å². The Kier molecular flexibility index (Phi) is 7.92. The lowest BCUT2D eigenvalue weighted by atomic mass is 10.2. The van der Waals surface area contributed by atoms with Crippen LogP contribution in [0.4, 0.5) is 0 Å². The quantitative estimate of drug-likeness (QED) is 0.709. The van der Waals surface area contributed by atoms with E-state index < -0.39 is 5.97 Å². The molecule has 120 valence electrons. The molecule has 5 nitrogen and oxygen atoms in total. The molecule has 0 aliphatic carbocycles. The van der Waals surface area contributed by atoms with Crippen LogP contribution in [0.5, 0.6) is 0 Å². The molecule has 0 aromatic heterocycles. The fourth-order valence-corrected chi connectivity index (χ4v) is 2.12. The average molecular weight is 304 g/mol. The van der Waals surface area contributed by atoms with Crippen molar-refractivity contribution in [2.45, 2.75) is 20.4 Å². The van der Waals surface area contributed by atoms with E-state index in [1.165, 1.54) is 0 Å². The van der Waals surface area contributed by atoms with Crippen LogP contribution in [0.25, 0.3) is 0 Å². The van der Waals surface area contributed by atoms with Gasteiger partial charge in [-0.2, -0.15) is 0 Å². The number of benzene rings is 1. The third kappa shape index (κ3) is 7.04. The summed E-state index contributed by atoms with van der Waals surface area (Å²) < 4.78 is 0. The third-order valence-electron chi connectivity index (χ3n) is 3.29. The topological polar surface area (TPSA) is 60.9 Å². The number of carbonyl (C=O) groups excluding carboxylic acids is 1. The van der Waals surface area contributed by atoms with Crippen molar-refractivity contribution in [3.05, 3.63) is 48.0 Å². The highest BCUT2D eigenvalue weighted by molar-refractivity contribution is 5.73. The summed E-state index contributed by atoms with van der Waals surface area (Å²) in [6, 6.07) is 9.78. The maximum atomic E-state index is 11.3. The predicted octanol–water partition coefficient (Wildman–Crippen LogP) is 2.00. The molecular formula is C17H24N2O3. The summed E-state index contributed by atoms with van der Waals surface area (Å²) in [6.07, 6.45) is 3.82. The van der Waals surface area contributed by atoms with Gasteiger partial charge in [0, 0.05) is 33.1 Å². The van der Waals surface area contributed by atoms with Crippen LogP contribution in [0.15, 0.2) is 42.5 Å². The minimum absolute atomic E-state index is 0.0105. The van der Waals surface area contributed by atoms with Gasteiger partial charge in [0.15, 0.2) is 0 Å². The van der Waals surface area contributed by atoms with Crippen LogP contribution in [-0.4, -0.2) is 53.0 Å². The van der Waals surface area contributed by atoms with E-state index in [0.717, 1.165) is 5.56 Å². The Hall–Kier alpha value is -2.14. The van der Waals surface area contributed by atoms with Gasteiger partial charge in [0.25, 0.3) is 0 Å². The molecule has 0 bridgehead atoms. The fraction of sp³-hybridized carbons (Fsp3) is 0.412. The molecule has 22 heavy (non-hydrogen) atoms. The predicted molar refractivity (Wildman–Crippen MR) is 86.4 cm³/mol. The Morgan fingerprint density at radius 1 is 1.14 bits per heavy atom. The minimum Gasteiger partial charge on any atom is -0.480 e. The van der Waals surface area contributed by atoms with Crippen molar-refractivity contribution in [1.29, 1.82) is 0 Å². The Morgan fingerprint density at radius 2 is 1.77 bits per heavy atom. The fourth-order valence-electron chi connectivity index (χ4n) is 2.12. The zero-order chi connectivity index (χ0) is 16.4. The molecule has 1 N–H and O–H groups in total. The summed E-state index contributed by atoms with van der Waals surface area (Å²) in [5.74, 6) is -0.804. The van der Waals surface area contributed by atoms with Gasteiger partial charge in [-0.15, -0.1) is 0 Å². The highest BCUT2D eigenvalue weighted by atomic mass is 16.4. The number of carboxylic acid groups (broad SMARTS) is 1. The Morgan fingerprint density at radius 3 is 2.32 bits per heavy atom. The van der Waals surface area contributed by atoms with Crippen molar-refractivity contribution in [2.75, 3.05) is 26.2 Å². The molecule has 1 rings (SSSR count). The molecule has 1 aromatic carbocycles. The monoisotopic (exact) mass is 304 g/mol. The average Bonchev–Trinajstić information content (AvgIpc) is 2.47. The number of hydrogen-bond donors (Lipinski definition) is 1. The molecule has 0 atom stereocenters. The minimum atomic E-state index is -0.844. The second-order valence-corrected chi connectivity index (χ2v) is 5.08. The second kappa shape index (κ2) is 9.73. The van der Waals surface area contributed by atoms with E-state index in [1.807, 2.05) is 54.3 Å². The van der Waals surface area contributed by atoms with Gasteiger partial charge in [0.05, 0.1) is 6.54 Å². The summed E-state index contributed by atoms with van der Waals surface area (Å²) in [7, 11) is 0. The molecular weight excluding hydrogens is 280 g/mol. The molecule has 0 aliphatic rings. The maximum absolute atomic E-state index is 11.3. The van der Waals surface area contributed by atoms with Crippen molar-refractivity contribution < 1.29 is 14.7 Å². The van der Waals surface area contributed by atoms with E-state index in [9.17, 15) is 9.59 Å². The number of carboxylic acids is 1. The highest BCUT2D eigenvalue weighted by Gasteiger charge is 2.09. The molecule has 0 unspecified atom stereocenters. The number of carbonyl (C=O) groups is 2. The number of nitrogens with zero attached hydrogens (tertiary/aromatic N) is 2. The van der Waals surface area contributed by atoms with Crippen LogP contribution in [0.2, 0.25) is 0 Å². The lowest BCUT2D eigenvalue weighted by Gasteiger charge is -2.19. The van der Waals surface area contributed by atoms with Crippen LogP contribution < -0.4 is 0 Å². The van der Waals surface area contributed by atoms with E-state index >= 15 is 0 Å². The Labute approximate surface area is 131 Å². The van der Waals surface area contributed by atoms with Gasteiger partial charge in [-0.25, -0.2) is 0 Å². The first-order valence-corrected chi connectivity index (χ1v) is 7.41. The zero-order valence-corrected chi connectivity index (χ0v) is 13.2. The van der Waals surface area contributed by atoms with E-state index in [-0.39, 0.29) is 12.5 Å². The normalized spacial score (nSPS) is 11.0. The maximum Gasteiger partial charge on any atom is 0.317 e. The van der Waals surface area contributed by atoms with Crippen LogP contribution in [0.1, 0.15) is 19.4 Å². The largest absolute Gasteiger partial charge is 0.480 e. The van der Waals surface area contributed by atoms with Gasteiger partial charge in [-0.3, -0.25) is 14.5 Å². The smallest absolute Gasteiger partial charge is 0.317 e. The summed E-state index contributed by atoms with van der Waals surface area (Å²) >= 11 is 0. The van der Waals surface area contributed by atoms with Crippen LogP contribution in [0.3, 0.4) is 0 Å².